The number of fused-ring (bicyclic) bond motifs is 1. The van der Waals surface area contributed by atoms with Crippen molar-refractivity contribution in [1.82, 2.24) is 4.72 Å². The standard InChI is InChI=1S/C10H11F2NO4S/c1-2-13-18(14,15)6-7-3-4-8-9(5-7)17-10(11,12)16-8/h3-5,13H,2,6H2,1H3. The van der Waals surface area contributed by atoms with Crippen LogP contribution in [0.25, 0.3) is 0 Å². The molecule has 0 amide bonds. The van der Waals surface area contributed by atoms with Gasteiger partial charge in [-0.15, -0.1) is 8.78 Å². The summed E-state index contributed by atoms with van der Waals surface area (Å²) in [6.07, 6.45) is -3.69. The number of sulfonamides is 1. The molecule has 1 heterocycles. The molecular formula is C10H11F2NO4S. The van der Waals surface area contributed by atoms with Crippen LogP contribution in [-0.4, -0.2) is 21.3 Å². The zero-order chi connectivity index (χ0) is 13.4. The van der Waals surface area contributed by atoms with Crippen molar-refractivity contribution in [3.63, 3.8) is 0 Å². The maximum atomic E-state index is 12.8. The fraction of sp³-hybridized carbons (Fsp3) is 0.400. The summed E-state index contributed by atoms with van der Waals surface area (Å²) >= 11 is 0. The van der Waals surface area contributed by atoms with Gasteiger partial charge in [0, 0.05) is 6.54 Å². The first-order valence-corrected chi connectivity index (χ1v) is 6.83. The van der Waals surface area contributed by atoms with Crippen molar-refractivity contribution in [3.8, 4) is 11.5 Å². The van der Waals surface area contributed by atoms with Crippen molar-refractivity contribution in [1.29, 1.82) is 0 Å². The molecule has 1 aromatic carbocycles. The first-order chi connectivity index (χ1) is 8.31. The van der Waals surface area contributed by atoms with E-state index >= 15 is 0 Å². The van der Waals surface area contributed by atoms with E-state index in [1.807, 2.05) is 0 Å². The van der Waals surface area contributed by atoms with Crippen LogP contribution >= 0.6 is 0 Å². The Balaban J connectivity index is 2.19. The topological polar surface area (TPSA) is 64.6 Å². The average molecular weight is 279 g/mol. The number of alkyl halides is 2. The molecule has 0 atom stereocenters. The zero-order valence-corrected chi connectivity index (χ0v) is 10.3. The minimum Gasteiger partial charge on any atom is -0.395 e. The Labute approximate surface area is 103 Å². The van der Waals surface area contributed by atoms with Gasteiger partial charge in [0.25, 0.3) is 0 Å². The molecule has 0 aromatic heterocycles. The van der Waals surface area contributed by atoms with Gasteiger partial charge in [0.1, 0.15) is 0 Å². The lowest BCUT2D eigenvalue weighted by atomic mass is 10.2. The van der Waals surface area contributed by atoms with Gasteiger partial charge in [0.2, 0.25) is 10.0 Å². The Morgan fingerprint density at radius 2 is 1.94 bits per heavy atom. The van der Waals surface area contributed by atoms with E-state index in [4.69, 9.17) is 0 Å². The molecule has 8 heteroatoms. The van der Waals surface area contributed by atoms with Gasteiger partial charge in [-0.1, -0.05) is 13.0 Å². The molecule has 1 aliphatic rings. The number of rotatable bonds is 4. The lowest BCUT2D eigenvalue weighted by molar-refractivity contribution is -0.286. The summed E-state index contributed by atoms with van der Waals surface area (Å²) in [5, 5.41) is 0. The number of hydrogen-bond donors (Lipinski definition) is 1. The molecule has 2 rings (SSSR count). The van der Waals surface area contributed by atoms with Crippen molar-refractivity contribution < 1.29 is 26.7 Å². The second kappa shape index (κ2) is 4.36. The van der Waals surface area contributed by atoms with E-state index in [-0.39, 0.29) is 23.8 Å². The molecule has 0 saturated heterocycles. The average Bonchev–Trinajstić information content (AvgIpc) is 2.50. The second-order valence-corrected chi connectivity index (χ2v) is 5.51. The van der Waals surface area contributed by atoms with Crippen molar-refractivity contribution in [2.45, 2.75) is 19.0 Å². The molecule has 0 radical (unpaired) electrons. The molecular weight excluding hydrogens is 268 g/mol. The van der Waals surface area contributed by atoms with Crippen LogP contribution in [0.1, 0.15) is 12.5 Å². The molecule has 0 aliphatic carbocycles. The molecule has 100 valence electrons. The smallest absolute Gasteiger partial charge is 0.395 e. The van der Waals surface area contributed by atoms with Crippen LogP contribution in [-0.2, 0) is 15.8 Å². The quantitative estimate of drug-likeness (QED) is 0.906. The number of halogens is 2. The summed E-state index contributed by atoms with van der Waals surface area (Å²) in [5.74, 6) is -0.572. The fourth-order valence-corrected chi connectivity index (χ4v) is 2.73. The van der Waals surface area contributed by atoms with Gasteiger partial charge < -0.3 is 9.47 Å². The van der Waals surface area contributed by atoms with Crippen LogP contribution in [0, 0.1) is 0 Å². The first kappa shape index (κ1) is 13.0. The molecule has 0 spiro atoms. The maximum Gasteiger partial charge on any atom is 0.586 e. The van der Waals surface area contributed by atoms with E-state index in [2.05, 4.69) is 14.2 Å². The van der Waals surface area contributed by atoms with Gasteiger partial charge in [0.05, 0.1) is 5.75 Å². The van der Waals surface area contributed by atoms with Gasteiger partial charge in [-0.3, -0.25) is 0 Å². The zero-order valence-electron chi connectivity index (χ0n) is 9.44. The Morgan fingerprint density at radius 1 is 1.28 bits per heavy atom. The summed E-state index contributed by atoms with van der Waals surface area (Å²) in [4.78, 5) is 0. The Bertz CT molecular complexity index is 559. The summed E-state index contributed by atoms with van der Waals surface area (Å²) in [5.41, 5.74) is 0.344. The van der Waals surface area contributed by atoms with E-state index in [9.17, 15) is 17.2 Å². The Kier molecular flexibility index (Phi) is 3.16. The third-order valence-corrected chi connectivity index (χ3v) is 3.63. The summed E-state index contributed by atoms with van der Waals surface area (Å²) in [7, 11) is -3.46. The first-order valence-electron chi connectivity index (χ1n) is 5.17. The highest BCUT2D eigenvalue weighted by molar-refractivity contribution is 7.88. The van der Waals surface area contributed by atoms with Gasteiger partial charge in [-0.25, -0.2) is 13.1 Å². The lowest BCUT2D eigenvalue weighted by Crippen LogP contribution is -2.26. The van der Waals surface area contributed by atoms with Crippen LogP contribution < -0.4 is 14.2 Å². The van der Waals surface area contributed by atoms with E-state index in [1.165, 1.54) is 18.2 Å². The lowest BCUT2D eigenvalue weighted by Gasteiger charge is -2.05. The predicted molar refractivity (Wildman–Crippen MR) is 58.9 cm³/mol. The van der Waals surface area contributed by atoms with E-state index < -0.39 is 16.3 Å². The van der Waals surface area contributed by atoms with Crippen molar-refractivity contribution in [2.75, 3.05) is 6.54 Å². The number of ether oxygens (including phenoxy) is 2. The van der Waals surface area contributed by atoms with E-state index in [0.717, 1.165) is 0 Å². The molecule has 18 heavy (non-hydrogen) atoms. The Hall–Kier alpha value is -1.41. The highest BCUT2D eigenvalue weighted by atomic mass is 32.2. The second-order valence-electron chi connectivity index (χ2n) is 3.71. The van der Waals surface area contributed by atoms with Gasteiger partial charge >= 0.3 is 6.29 Å². The van der Waals surface area contributed by atoms with Gasteiger partial charge in [-0.2, -0.15) is 0 Å². The molecule has 0 saturated carbocycles. The monoisotopic (exact) mass is 279 g/mol. The van der Waals surface area contributed by atoms with Crippen LogP contribution in [0.3, 0.4) is 0 Å². The van der Waals surface area contributed by atoms with Crippen molar-refractivity contribution in [3.05, 3.63) is 23.8 Å². The largest absolute Gasteiger partial charge is 0.586 e. The summed E-state index contributed by atoms with van der Waals surface area (Å²) in [6.45, 7) is 1.92. The van der Waals surface area contributed by atoms with Crippen molar-refractivity contribution >= 4 is 10.0 Å². The molecule has 1 aliphatic heterocycles. The Morgan fingerprint density at radius 3 is 2.61 bits per heavy atom. The highest BCUT2D eigenvalue weighted by Crippen LogP contribution is 2.41. The normalized spacial score (nSPS) is 16.8. The van der Waals surface area contributed by atoms with Crippen LogP contribution in [0.5, 0.6) is 11.5 Å². The summed E-state index contributed by atoms with van der Waals surface area (Å²) < 4.78 is 59.2. The van der Waals surface area contributed by atoms with E-state index in [1.54, 1.807) is 6.92 Å². The summed E-state index contributed by atoms with van der Waals surface area (Å²) in [6, 6.07) is 3.89. The van der Waals surface area contributed by atoms with Crippen LogP contribution in [0.2, 0.25) is 0 Å². The third kappa shape index (κ3) is 2.88. The molecule has 1 N–H and O–H groups in total. The maximum absolute atomic E-state index is 12.8. The molecule has 0 bridgehead atoms. The van der Waals surface area contributed by atoms with Gasteiger partial charge in [0.15, 0.2) is 11.5 Å². The molecule has 0 fully saturated rings. The molecule has 0 unspecified atom stereocenters. The fourth-order valence-electron chi connectivity index (χ4n) is 1.57. The SMILES string of the molecule is CCNS(=O)(=O)Cc1ccc2c(c1)OC(F)(F)O2. The van der Waals surface area contributed by atoms with Crippen molar-refractivity contribution in [2.24, 2.45) is 0 Å². The van der Waals surface area contributed by atoms with E-state index in [0.29, 0.717) is 5.56 Å². The highest BCUT2D eigenvalue weighted by Gasteiger charge is 2.43. The third-order valence-electron chi connectivity index (χ3n) is 2.19. The molecule has 1 aromatic rings. The molecule has 5 nitrogen and oxygen atoms in total. The number of hydrogen-bond acceptors (Lipinski definition) is 4. The van der Waals surface area contributed by atoms with Gasteiger partial charge in [-0.05, 0) is 17.7 Å². The minimum atomic E-state index is -3.69. The predicted octanol–water partition coefficient (Wildman–Crippen LogP) is 1.45. The van der Waals surface area contributed by atoms with Crippen LogP contribution in [0.4, 0.5) is 8.78 Å². The number of benzene rings is 1. The number of nitrogens with one attached hydrogen (secondary N) is 1. The minimum absolute atomic E-state index is 0.107. The van der Waals surface area contributed by atoms with Crippen LogP contribution in [0.15, 0.2) is 18.2 Å².